The molecule has 2 heteroatoms. The molecular weight excluding hydrogens is 121 g/mol. The summed E-state index contributed by atoms with van der Waals surface area (Å²) in [5, 5.41) is 3.34. The minimum atomic E-state index is 0.641. The standard InChI is InChI=1S/C8H18BN/c1-5-6-8(9-4)10-7(2)3/h8-10H,2,5-6H2,1,3-4H3. The quantitative estimate of drug-likeness (QED) is 0.572. The Morgan fingerprint density at radius 2 is 2.30 bits per heavy atom. The third kappa shape index (κ3) is 4.48. The van der Waals surface area contributed by atoms with Crippen molar-refractivity contribution in [3.63, 3.8) is 0 Å². The third-order valence-electron chi connectivity index (χ3n) is 1.58. The Hall–Kier alpha value is -0.395. The van der Waals surface area contributed by atoms with E-state index < -0.39 is 0 Å². The van der Waals surface area contributed by atoms with Gasteiger partial charge in [-0.25, -0.2) is 0 Å². The van der Waals surface area contributed by atoms with E-state index in [4.69, 9.17) is 0 Å². The number of hydrogen-bond donors (Lipinski definition) is 1. The molecule has 0 aromatic carbocycles. The van der Waals surface area contributed by atoms with Crippen LogP contribution in [-0.4, -0.2) is 13.2 Å². The van der Waals surface area contributed by atoms with Gasteiger partial charge in [0.25, 0.3) is 0 Å². The summed E-state index contributed by atoms with van der Waals surface area (Å²) in [5.74, 6) is 0.641. The molecular formula is C8H18BN. The molecule has 0 saturated carbocycles. The maximum atomic E-state index is 3.81. The fourth-order valence-corrected chi connectivity index (χ4v) is 1.08. The fraction of sp³-hybridized carbons (Fsp3) is 0.750. The van der Waals surface area contributed by atoms with E-state index in [9.17, 15) is 0 Å². The average Bonchev–Trinajstić information content (AvgIpc) is 1.86. The molecule has 0 saturated heterocycles. The zero-order valence-electron chi connectivity index (χ0n) is 7.41. The maximum absolute atomic E-state index is 3.81. The Morgan fingerprint density at radius 3 is 2.60 bits per heavy atom. The minimum Gasteiger partial charge on any atom is -0.394 e. The van der Waals surface area contributed by atoms with Crippen LogP contribution in [0.5, 0.6) is 0 Å². The first-order valence-corrected chi connectivity index (χ1v) is 4.12. The summed E-state index contributed by atoms with van der Waals surface area (Å²) in [6.07, 6.45) is 2.50. The van der Waals surface area contributed by atoms with Crippen molar-refractivity contribution in [3.8, 4) is 0 Å². The Labute approximate surface area is 65.1 Å². The first-order valence-electron chi connectivity index (χ1n) is 4.12. The summed E-state index contributed by atoms with van der Waals surface area (Å²) in [7, 11) is 1.20. The van der Waals surface area contributed by atoms with Crippen molar-refractivity contribution >= 4 is 7.28 Å². The molecule has 0 aromatic rings. The van der Waals surface area contributed by atoms with Crippen molar-refractivity contribution in [2.45, 2.75) is 39.5 Å². The molecule has 0 radical (unpaired) electrons. The van der Waals surface area contributed by atoms with Gasteiger partial charge in [-0.15, -0.1) is 0 Å². The zero-order chi connectivity index (χ0) is 7.98. The van der Waals surface area contributed by atoms with Gasteiger partial charge in [0.2, 0.25) is 0 Å². The number of rotatable bonds is 5. The number of nitrogens with one attached hydrogen (secondary N) is 1. The van der Waals surface area contributed by atoms with Crippen LogP contribution < -0.4 is 5.32 Å². The molecule has 0 spiro atoms. The SMILES string of the molecule is C=C(C)NC(BC)CCC. The highest BCUT2D eigenvalue weighted by molar-refractivity contribution is 6.35. The molecule has 0 heterocycles. The van der Waals surface area contributed by atoms with Gasteiger partial charge in [0, 0.05) is 0 Å². The first kappa shape index (κ1) is 9.60. The second-order valence-corrected chi connectivity index (χ2v) is 2.82. The highest BCUT2D eigenvalue weighted by Gasteiger charge is 2.02. The average molecular weight is 139 g/mol. The monoisotopic (exact) mass is 139 g/mol. The molecule has 1 unspecified atom stereocenters. The van der Waals surface area contributed by atoms with Gasteiger partial charge in [0.15, 0.2) is 0 Å². The Balaban J connectivity index is 3.49. The van der Waals surface area contributed by atoms with Gasteiger partial charge in [-0.3, -0.25) is 0 Å². The molecule has 1 N–H and O–H groups in total. The van der Waals surface area contributed by atoms with Crippen molar-refractivity contribution in [2.24, 2.45) is 0 Å². The molecule has 0 aliphatic rings. The Kier molecular flexibility index (Phi) is 5.18. The molecule has 0 amide bonds. The summed E-state index contributed by atoms with van der Waals surface area (Å²) in [4.78, 5) is 0. The van der Waals surface area contributed by atoms with Gasteiger partial charge in [-0.1, -0.05) is 26.7 Å². The molecule has 0 aliphatic carbocycles. The van der Waals surface area contributed by atoms with Crippen LogP contribution in [0.4, 0.5) is 0 Å². The molecule has 58 valence electrons. The van der Waals surface area contributed by atoms with Crippen molar-refractivity contribution in [1.82, 2.24) is 5.32 Å². The van der Waals surface area contributed by atoms with Crippen LogP contribution in [-0.2, 0) is 0 Å². The van der Waals surface area contributed by atoms with E-state index in [-0.39, 0.29) is 0 Å². The van der Waals surface area contributed by atoms with Crippen LogP contribution in [0.2, 0.25) is 6.82 Å². The molecule has 1 atom stereocenters. The summed E-state index contributed by atoms with van der Waals surface area (Å²) in [6, 6.07) is 0. The molecule has 10 heavy (non-hydrogen) atoms. The normalized spacial score (nSPS) is 12.3. The lowest BCUT2D eigenvalue weighted by molar-refractivity contribution is 0.652. The van der Waals surface area contributed by atoms with Gasteiger partial charge in [0.05, 0.1) is 0 Å². The van der Waals surface area contributed by atoms with Crippen LogP contribution in [0.15, 0.2) is 12.3 Å². The van der Waals surface area contributed by atoms with Crippen LogP contribution in [0.3, 0.4) is 0 Å². The largest absolute Gasteiger partial charge is 0.394 e. The topological polar surface area (TPSA) is 12.0 Å². The van der Waals surface area contributed by atoms with Crippen molar-refractivity contribution < 1.29 is 0 Å². The van der Waals surface area contributed by atoms with E-state index in [0.29, 0.717) is 5.94 Å². The van der Waals surface area contributed by atoms with Crippen molar-refractivity contribution in [2.75, 3.05) is 0 Å². The van der Waals surface area contributed by atoms with Gasteiger partial charge >= 0.3 is 0 Å². The number of hydrogen-bond acceptors (Lipinski definition) is 1. The summed E-state index contributed by atoms with van der Waals surface area (Å²) in [5.41, 5.74) is 1.08. The van der Waals surface area contributed by atoms with Crippen molar-refractivity contribution in [1.29, 1.82) is 0 Å². The van der Waals surface area contributed by atoms with E-state index in [1.807, 2.05) is 6.92 Å². The summed E-state index contributed by atoms with van der Waals surface area (Å²) >= 11 is 0. The van der Waals surface area contributed by atoms with Crippen LogP contribution in [0.25, 0.3) is 0 Å². The lowest BCUT2D eigenvalue weighted by atomic mass is 9.70. The summed E-state index contributed by atoms with van der Waals surface area (Å²) < 4.78 is 0. The Morgan fingerprint density at radius 1 is 1.70 bits per heavy atom. The van der Waals surface area contributed by atoms with Crippen LogP contribution >= 0.6 is 0 Å². The Bertz CT molecular complexity index is 101. The minimum absolute atomic E-state index is 0.641. The van der Waals surface area contributed by atoms with Crippen LogP contribution in [0.1, 0.15) is 26.7 Å². The molecule has 0 bridgehead atoms. The van der Waals surface area contributed by atoms with E-state index in [1.165, 1.54) is 20.1 Å². The van der Waals surface area contributed by atoms with Gasteiger partial charge in [-0.2, -0.15) is 0 Å². The highest BCUT2D eigenvalue weighted by Crippen LogP contribution is 1.96. The molecule has 0 rings (SSSR count). The maximum Gasteiger partial charge on any atom is 0.145 e. The number of allylic oxidation sites excluding steroid dienone is 1. The first-order chi connectivity index (χ1) is 4.70. The lowest BCUT2D eigenvalue weighted by Crippen LogP contribution is -2.31. The van der Waals surface area contributed by atoms with Crippen molar-refractivity contribution in [3.05, 3.63) is 12.3 Å². The van der Waals surface area contributed by atoms with E-state index in [2.05, 4.69) is 25.6 Å². The molecule has 0 aromatic heterocycles. The van der Waals surface area contributed by atoms with E-state index >= 15 is 0 Å². The fourth-order valence-electron chi connectivity index (χ4n) is 1.08. The highest BCUT2D eigenvalue weighted by atomic mass is 14.9. The predicted octanol–water partition coefficient (Wildman–Crippen LogP) is 1.72. The van der Waals surface area contributed by atoms with Gasteiger partial charge < -0.3 is 5.32 Å². The second-order valence-electron chi connectivity index (χ2n) is 2.82. The lowest BCUT2D eigenvalue weighted by Gasteiger charge is -2.15. The van der Waals surface area contributed by atoms with Gasteiger partial charge in [-0.05, 0) is 25.0 Å². The third-order valence-corrected chi connectivity index (χ3v) is 1.58. The zero-order valence-corrected chi connectivity index (χ0v) is 7.41. The summed E-state index contributed by atoms with van der Waals surface area (Å²) in [6.45, 7) is 10.2. The molecule has 0 fully saturated rings. The van der Waals surface area contributed by atoms with Crippen LogP contribution in [0, 0.1) is 0 Å². The molecule has 1 nitrogen and oxygen atoms in total. The van der Waals surface area contributed by atoms with E-state index in [1.54, 1.807) is 0 Å². The van der Waals surface area contributed by atoms with E-state index in [0.717, 1.165) is 5.70 Å². The predicted molar refractivity (Wildman–Crippen MR) is 49.7 cm³/mol. The smallest absolute Gasteiger partial charge is 0.145 e. The van der Waals surface area contributed by atoms with Gasteiger partial charge in [0.1, 0.15) is 7.28 Å². The second kappa shape index (κ2) is 5.39. The molecule has 0 aliphatic heterocycles.